The Hall–Kier alpha value is -1.88. The summed E-state index contributed by atoms with van der Waals surface area (Å²) in [6.45, 7) is 1.69. The van der Waals surface area contributed by atoms with E-state index in [0.717, 1.165) is 12.0 Å². The number of carbonyl (C=O) groups excluding carboxylic acids is 1. The van der Waals surface area contributed by atoms with Crippen LogP contribution in [0.1, 0.15) is 31.7 Å². The van der Waals surface area contributed by atoms with E-state index >= 15 is 0 Å². The normalized spacial score (nSPS) is 26.3. The van der Waals surface area contributed by atoms with Gasteiger partial charge < -0.3 is 16.2 Å². The van der Waals surface area contributed by atoms with Crippen LogP contribution in [0.4, 0.5) is 0 Å². The van der Waals surface area contributed by atoms with Gasteiger partial charge in [0.15, 0.2) is 0 Å². The van der Waals surface area contributed by atoms with Gasteiger partial charge in [0.25, 0.3) is 0 Å². The first kappa shape index (κ1) is 15.5. The van der Waals surface area contributed by atoms with E-state index in [1.807, 2.05) is 30.3 Å². The largest absolute Gasteiger partial charge is 0.481 e. The molecule has 1 aromatic rings. The molecule has 1 amide bonds. The third kappa shape index (κ3) is 3.42. The molecule has 3 atom stereocenters. The van der Waals surface area contributed by atoms with Gasteiger partial charge in [0.1, 0.15) is 0 Å². The molecule has 0 heterocycles. The van der Waals surface area contributed by atoms with Crippen LogP contribution in [0.25, 0.3) is 0 Å². The molecule has 0 aliphatic heterocycles. The third-order valence-corrected chi connectivity index (χ3v) is 4.40. The molecule has 2 rings (SSSR count). The molecule has 1 fully saturated rings. The summed E-state index contributed by atoms with van der Waals surface area (Å²) in [4.78, 5) is 23.6. The molecule has 0 radical (unpaired) electrons. The summed E-state index contributed by atoms with van der Waals surface area (Å²) in [5, 5.41) is 12.2. The number of carboxylic acids is 1. The van der Waals surface area contributed by atoms with Crippen LogP contribution in [0.3, 0.4) is 0 Å². The minimum absolute atomic E-state index is 0.279. The van der Waals surface area contributed by atoms with Crippen LogP contribution in [-0.4, -0.2) is 29.1 Å². The Morgan fingerprint density at radius 3 is 2.71 bits per heavy atom. The van der Waals surface area contributed by atoms with Gasteiger partial charge in [-0.15, -0.1) is 0 Å². The van der Waals surface area contributed by atoms with Crippen LogP contribution in [0.15, 0.2) is 30.3 Å². The van der Waals surface area contributed by atoms with Gasteiger partial charge in [-0.25, -0.2) is 0 Å². The summed E-state index contributed by atoms with van der Waals surface area (Å²) in [5.41, 5.74) is 6.04. The molecule has 1 saturated carbocycles. The maximum absolute atomic E-state index is 12.2. The lowest BCUT2D eigenvalue weighted by atomic mass is 9.84. The molecule has 5 nitrogen and oxygen atoms in total. The molecular weight excluding hydrogens is 268 g/mol. The van der Waals surface area contributed by atoms with Crippen molar-refractivity contribution in [2.75, 3.05) is 0 Å². The van der Waals surface area contributed by atoms with E-state index < -0.39 is 17.4 Å². The van der Waals surface area contributed by atoms with E-state index in [-0.39, 0.29) is 11.9 Å². The topological polar surface area (TPSA) is 92.4 Å². The summed E-state index contributed by atoms with van der Waals surface area (Å²) in [6, 6.07) is 8.55. The molecule has 0 aromatic heterocycles. The molecule has 1 aromatic carbocycles. The van der Waals surface area contributed by atoms with Crippen molar-refractivity contribution in [2.45, 2.75) is 44.7 Å². The Balaban J connectivity index is 1.96. The lowest BCUT2D eigenvalue weighted by Gasteiger charge is -2.28. The maximum Gasteiger partial charge on any atom is 0.311 e. The fourth-order valence-corrected chi connectivity index (χ4v) is 2.89. The number of benzene rings is 1. The zero-order valence-corrected chi connectivity index (χ0v) is 12.2. The van der Waals surface area contributed by atoms with Crippen LogP contribution in [0, 0.1) is 5.41 Å². The van der Waals surface area contributed by atoms with Gasteiger partial charge in [0.05, 0.1) is 11.5 Å². The Morgan fingerprint density at radius 2 is 2.10 bits per heavy atom. The van der Waals surface area contributed by atoms with Crippen LogP contribution >= 0.6 is 0 Å². The summed E-state index contributed by atoms with van der Waals surface area (Å²) in [5.74, 6) is -1.14. The van der Waals surface area contributed by atoms with Crippen LogP contribution in [-0.2, 0) is 16.0 Å². The maximum atomic E-state index is 12.2. The predicted molar refractivity (Wildman–Crippen MR) is 79.6 cm³/mol. The second-order valence-electron chi connectivity index (χ2n) is 5.97. The van der Waals surface area contributed by atoms with Gasteiger partial charge in [-0.2, -0.15) is 0 Å². The molecule has 21 heavy (non-hydrogen) atoms. The number of nitrogens with one attached hydrogen (secondary N) is 1. The van der Waals surface area contributed by atoms with E-state index in [1.54, 1.807) is 6.92 Å². The van der Waals surface area contributed by atoms with E-state index in [0.29, 0.717) is 19.3 Å². The minimum atomic E-state index is -0.887. The molecule has 3 unspecified atom stereocenters. The number of carboxylic acid groups (broad SMARTS) is 1. The predicted octanol–water partition coefficient (Wildman–Crippen LogP) is 1.32. The van der Waals surface area contributed by atoms with Gasteiger partial charge in [-0.3, -0.25) is 9.59 Å². The number of amides is 1. The number of nitrogens with two attached hydrogens (primary N) is 1. The van der Waals surface area contributed by atoms with Gasteiger partial charge >= 0.3 is 5.97 Å². The van der Waals surface area contributed by atoms with E-state index in [4.69, 9.17) is 5.73 Å². The molecule has 1 aliphatic rings. The van der Waals surface area contributed by atoms with Crippen molar-refractivity contribution in [2.24, 2.45) is 11.1 Å². The van der Waals surface area contributed by atoms with Gasteiger partial charge in [0, 0.05) is 6.04 Å². The first-order chi connectivity index (χ1) is 9.93. The molecule has 4 N–H and O–H groups in total. The molecule has 0 saturated heterocycles. The van der Waals surface area contributed by atoms with Crippen molar-refractivity contribution in [3.8, 4) is 0 Å². The fraction of sp³-hybridized carbons (Fsp3) is 0.500. The van der Waals surface area contributed by atoms with Crippen molar-refractivity contribution in [3.63, 3.8) is 0 Å². The lowest BCUT2D eigenvalue weighted by Crippen LogP contribution is -2.52. The van der Waals surface area contributed by atoms with E-state index in [9.17, 15) is 14.7 Å². The Kier molecular flexibility index (Phi) is 4.63. The van der Waals surface area contributed by atoms with Crippen LogP contribution < -0.4 is 11.1 Å². The average molecular weight is 290 g/mol. The van der Waals surface area contributed by atoms with E-state index in [1.165, 1.54) is 0 Å². The van der Waals surface area contributed by atoms with Crippen molar-refractivity contribution in [1.29, 1.82) is 0 Å². The Bertz CT molecular complexity index is 518. The SMILES string of the molecule is CC1(C(=O)O)CCCC1NC(=O)C(N)Cc1ccccc1. The van der Waals surface area contributed by atoms with Crippen molar-refractivity contribution >= 4 is 11.9 Å². The summed E-state index contributed by atoms with van der Waals surface area (Å²) in [6.07, 6.45) is 2.53. The Morgan fingerprint density at radius 1 is 1.43 bits per heavy atom. The highest BCUT2D eigenvalue weighted by Crippen LogP contribution is 2.38. The molecule has 5 heteroatoms. The zero-order valence-electron chi connectivity index (χ0n) is 12.2. The highest BCUT2D eigenvalue weighted by atomic mass is 16.4. The van der Waals surface area contributed by atoms with Crippen LogP contribution in [0.2, 0.25) is 0 Å². The van der Waals surface area contributed by atoms with Crippen molar-refractivity contribution < 1.29 is 14.7 Å². The molecule has 1 aliphatic carbocycles. The molecule has 114 valence electrons. The first-order valence-corrected chi connectivity index (χ1v) is 7.27. The standard InChI is InChI=1S/C16H22N2O3/c1-16(15(20)21)9-5-8-13(16)18-14(19)12(17)10-11-6-3-2-4-7-11/h2-4,6-7,12-13H,5,8-10,17H2,1H3,(H,18,19)(H,20,21). The minimum Gasteiger partial charge on any atom is -0.481 e. The summed E-state index contributed by atoms with van der Waals surface area (Å²) < 4.78 is 0. The van der Waals surface area contributed by atoms with E-state index in [2.05, 4.69) is 5.32 Å². The second-order valence-corrected chi connectivity index (χ2v) is 5.97. The second kappa shape index (κ2) is 6.26. The number of hydrogen-bond acceptors (Lipinski definition) is 3. The summed E-state index contributed by atoms with van der Waals surface area (Å²) >= 11 is 0. The highest BCUT2D eigenvalue weighted by molar-refractivity contribution is 5.84. The van der Waals surface area contributed by atoms with Gasteiger partial charge in [-0.05, 0) is 31.7 Å². The molecular formula is C16H22N2O3. The molecule has 0 spiro atoms. The number of carbonyl (C=O) groups is 2. The van der Waals surface area contributed by atoms with Gasteiger partial charge in [0.2, 0.25) is 5.91 Å². The monoisotopic (exact) mass is 290 g/mol. The highest BCUT2D eigenvalue weighted by Gasteiger charge is 2.46. The quantitative estimate of drug-likeness (QED) is 0.762. The lowest BCUT2D eigenvalue weighted by molar-refractivity contribution is -0.149. The zero-order chi connectivity index (χ0) is 15.5. The van der Waals surface area contributed by atoms with Gasteiger partial charge in [-0.1, -0.05) is 36.8 Å². The smallest absolute Gasteiger partial charge is 0.311 e. The number of aliphatic carboxylic acids is 1. The Labute approximate surface area is 124 Å². The average Bonchev–Trinajstić information content (AvgIpc) is 2.82. The van der Waals surface area contributed by atoms with Crippen molar-refractivity contribution in [1.82, 2.24) is 5.32 Å². The fourth-order valence-electron chi connectivity index (χ4n) is 2.89. The molecule has 0 bridgehead atoms. The third-order valence-electron chi connectivity index (χ3n) is 4.40. The van der Waals surface area contributed by atoms with Crippen molar-refractivity contribution in [3.05, 3.63) is 35.9 Å². The van der Waals surface area contributed by atoms with Crippen LogP contribution in [0.5, 0.6) is 0 Å². The first-order valence-electron chi connectivity index (χ1n) is 7.27. The number of rotatable bonds is 5. The summed E-state index contributed by atoms with van der Waals surface area (Å²) in [7, 11) is 0. The number of hydrogen-bond donors (Lipinski definition) is 3.